The summed E-state index contributed by atoms with van der Waals surface area (Å²) in [6.07, 6.45) is -3.94. The molecule has 0 saturated carbocycles. The van der Waals surface area contributed by atoms with Gasteiger partial charge >= 0.3 is 6.18 Å². The molecule has 3 heterocycles. The Morgan fingerprint density at radius 2 is 2.08 bits per heavy atom. The fourth-order valence-corrected chi connectivity index (χ4v) is 4.75. The predicted octanol–water partition coefficient (Wildman–Crippen LogP) is 3.34. The number of hydrogen-bond acceptors (Lipinski definition) is 6. The van der Waals surface area contributed by atoms with E-state index in [1.54, 1.807) is 6.07 Å². The lowest BCUT2D eigenvalue weighted by Gasteiger charge is -2.36. The summed E-state index contributed by atoms with van der Waals surface area (Å²) < 4.78 is 39.4. The zero-order chi connectivity index (χ0) is 26.0. The molecule has 0 spiro atoms. The first-order valence-corrected chi connectivity index (χ1v) is 12.0. The van der Waals surface area contributed by atoms with E-state index in [-0.39, 0.29) is 18.4 Å². The van der Waals surface area contributed by atoms with Gasteiger partial charge in [0.25, 0.3) is 0 Å². The van der Waals surface area contributed by atoms with Crippen LogP contribution in [0.2, 0.25) is 10.0 Å². The quantitative estimate of drug-likeness (QED) is 0.297. The molecule has 1 unspecified atom stereocenters. The van der Waals surface area contributed by atoms with Gasteiger partial charge in [0, 0.05) is 47.8 Å². The van der Waals surface area contributed by atoms with E-state index in [2.05, 4.69) is 25.5 Å². The summed E-state index contributed by atoms with van der Waals surface area (Å²) in [5, 5.41) is 16.0. The van der Waals surface area contributed by atoms with Crippen molar-refractivity contribution in [2.24, 2.45) is 5.73 Å². The van der Waals surface area contributed by atoms with Crippen LogP contribution in [0.3, 0.4) is 0 Å². The van der Waals surface area contributed by atoms with Gasteiger partial charge in [-0.25, -0.2) is 4.98 Å². The number of carbonyl (C=O) groups is 1. The number of nitrogens with two attached hydrogens (primary N) is 1. The van der Waals surface area contributed by atoms with Crippen LogP contribution >= 0.6 is 23.2 Å². The van der Waals surface area contributed by atoms with Gasteiger partial charge in [0.15, 0.2) is 5.69 Å². The number of hydrogen-bond donors (Lipinski definition) is 5. The third-order valence-corrected chi connectivity index (χ3v) is 6.69. The molecule has 1 aliphatic heterocycles. The van der Waals surface area contributed by atoms with Crippen molar-refractivity contribution in [3.05, 3.63) is 57.3 Å². The molecule has 2 atom stereocenters. The molecule has 6 N–H and O–H groups in total. The molecule has 2 aromatic heterocycles. The number of rotatable bonds is 8. The number of alkyl halides is 3. The molecule has 0 aliphatic carbocycles. The maximum absolute atomic E-state index is 13.1. The fraction of sp³-hybridized carbons (Fsp3) is 0.391. The molecule has 36 heavy (non-hydrogen) atoms. The number of nitrogens with one attached hydrogen (secondary N) is 3. The summed E-state index contributed by atoms with van der Waals surface area (Å²) in [6.45, 7) is 1.14. The Hall–Kier alpha value is -2.57. The van der Waals surface area contributed by atoms with E-state index in [0.717, 1.165) is 28.2 Å². The highest BCUT2D eigenvalue weighted by Crippen LogP contribution is 2.36. The number of benzene rings is 1. The third-order valence-electron chi connectivity index (χ3n) is 6.15. The van der Waals surface area contributed by atoms with Crippen LogP contribution in [0.4, 0.5) is 19.0 Å². The topological polar surface area (TPSA) is 119 Å². The SMILES string of the molecule is N[C@@H](CO)C(=O)NCC1c2[nH]c3ccc(Cl)cc3c2CCN1CCNc1ccc(Cl)c(C(F)(F)F)n1. The fourth-order valence-electron chi connectivity index (χ4n) is 4.37. The molecule has 0 fully saturated rings. The molecule has 1 amide bonds. The van der Waals surface area contributed by atoms with Crippen LogP contribution in [0.5, 0.6) is 0 Å². The third kappa shape index (κ3) is 5.70. The van der Waals surface area contributed by atoms with E-state index < -0.39 is 35.4 Å². The second-order valence-corrected chi connectivity index (χ2v) is 9.34. The van der Waals surface area contributed by atoms with Gasteiger partial charge in [-0.15, -0.1) is 0 Å². The first kappa shape index (κ1) is 26.5. The normalized spacial score (nSPS) is 17.1. The number of fused-ring (bicyclic) bond motifs is 3. The van der Waals surface area contributed by atoms with Crippen LogP contribution < -0.4 is 16.4 Å². The number of carbonyl (C=O) groups excluding carboxylic acids is 1. The molecule has 0 bridgehead atoms. The van der Waals surface area contributed by atoms with Gasteiger partial charge in [0.1, 0.15) is 11.9 Å². The molecule has 0 saturated heterocycles. The van der Waals surface area contributed by atoms with Crippen molar-refractivity contribution in [2.75, 3.05) is 38.1 Å². The Morgan fingerprint density at radius 3 is 2.81 bits per heavy atom. The summed E-state index contributed by atoms with van der Waals surface area (Å²) in [5.74, 6) is -0.421. The van der Waals surface area contributed by atoms with Gasteiger partial charge in [-0.3, -0.25) is 9.69 Å². The molecule has 4 rings (SSSR count). The van der Waals surface area contributed by atoms with E-state index in [0.29, 0.717) is 31.1 Å². The van der Waals surface area contributed by atoms with Gasteiger partial charge in [0.2, 0.25) is 5.91 Å². The Balaban J connectivity index is 1.52. The summed E-state index contributed by atoms with van der Waals surface area (Å²) >= 11 is 11.9. The molecular weight excluding hydrogens is 520 g/mol. The molecule has 194 valence electrons. The summed E-state index contributed by atoms with van der Waals surface area (Å²) in [4.78, 5) is 21.4. The van der Waals surface area contributed by atoms with Crippen molar-refractivity contribution < 1.29 is 23.1 Å². The average Bonchev–Trinajstić information content (AvgIpc) is 3.20. The second kappa shape index (κ2) is 10.8. The number of pyridine rings is 1. The van der Waals surface area contributed by atoms with Crippen molar-refractivity contribution in [3.8, 4) is 0 Å². The smallest absolute Gasteiger partial charge is 0.394 e. The van der Waals surface area contributed by atoms with E-state index >= 15 is 0 Å². The van der Waals surface area contributed by atoms with Crippen molar-refractivity contribution >= 4 is 45.8 Å². The van der Waals surface area contributed by atoms with Gasteiger partial charge in [-0.2, -0.15) is 13.2 Å². The van der Waals surface area contributed by atoms with Crippen LogP contribution in [0, 0.1) is 0 Å². The summed E-state index contributed by atoms with van der Waals surface area (Å²) in [5.41, 5.74) is 7.41. The number of halogens is 5. The summed E-state index contributed by atoms with van der Waals surface area (Å²) in [7, 11) is 0. The van der Waals surface area contributed by atoms with Crippen LogP contribution in [-0.4, -0.2) is 64.7 Å². The van der Waals surface area contributed by atoms with Crippen LogP contribution in [-0.2, 0) is 17.4 Å². The van der Waals surface area contributed by atoms with E-state index in [1.807, 2.05) is 12.1 Å². The molecule has 0 radical (unpaired) electrons. The van der Waals surface area contributed by atoms with Gasteiger partial charge in [-0.05, 0) is 42.3 Å². The average molecular weight is 545 g/mol. The summed E-state index contributed by atoms with van der Waals surface area (Å²) in [6, 6.07) is 6.82. The molecule has 8 nitrogen and oxygen atoms in total. The largest absolute Gasteiger partial charge is 0.434 e. The Kier molecular flexibility index (Phi) is 7.96. The number of aliphatic hydroxyl groups is 1. The number of H-pyrrole nitrogens is 1. The minimum atomic E-state index is -4.66. The molecular formula is C23H25Cl2F3N6O2. The van der Waals surface area contributed by atoms with Gasteiger partial charge < -0.3 is 26.5 Å². The number of aliphatic hydroxyl groups excluding tert-OH is 1. The number of nitrogens with zero attached hydrogens (tertiary/aromatic N) is 2. The van der Waals surface area contributed by atoms with Crippen LogP contribution in [0.25, 0.3) is 10.9 Å². The number of aromatic amines is 1. The number of anilines is 1. The van der Waals surface area contributed by atoms with Crippen molar-refractivity contribution in [1.82, 2.24) is 20.2 Å². The monoisotopic (exact) mass is 544 g/mol. The lowest BCUT2D eigenvalue weighted by Crippen LogP contribution is -2.48. The second-order valence-electron chi connectivity index (χ2n) is 8.49. The van der Waals surface area contributed by atoms with Crippen LogP contribution in [0.1, 0.15) is 23.0 Å². The Bertz CT molecular complexity index is 1250. The van der Waals surface area contributed by atoms with Crippen molar-refractivity contribution in [2.45, 2.75) is 24.7 Å². The molecule has 13 heteroatoms. The lowest BCUT2D eigenvalue weighted by atomic mass is 9.97. The van der Waals surface area contributed by atoms with Crippen LogP contribution in [0.15, 0.2) is 30.3 Å². The number of aromatic nitrogens is 2. The van der Waals surface area contributed by atoms with E-state index in [9.17, 15) is 23.1 Å². The van der Waals surface area contributed by atoms with E-state index in [1.165, 1.54) is 6.07 Å². The Morgan fingerprint density at radius 1 is 1.31 bits per heavy atom. The van der Waals surface area contributed by atoms with E-state index in [4.69, 9.17) is 28.9 Å². The molecule has 3 aromatic rings. The first-order valence-electron chi connectivity index (χ1n) is 11.2. The highest BCUT2D eigenvalue weighted by molar-refractivity contribution is 6.31. The minimum Gasteiger partial charge on any atom is -0.394 e. The maximum atomic E-state index is 13.1. The number of amides is 1. The minimum absolute atomic E-state index is 0.0587. The maximum Gasteiger partial charge on any atom is 0.434 e. The predicted molar refractivity (Wildman–Crippen MR) is 132 cm³/mol. The highest BCUT2D eigenvalue weighted by atomic mass is 35.5. The zero-order valence-electron chi connectivity index (χ0n) is 19.0. The van der Waals surface area contributed by atoms with Gasteiger partial charge in [0.05, 0.1) is 17.7 Å². The standard InChI is InChI=1S/C23H25Cl2F3N6O2/c24-12-1-3-17-14(9-12)13-5-7-34(18(20(13)32-17)10-31-22(36)16(29)11-35)8-6-30-19-4-2-15(25)21(33-19)23(26,27)28/h1-4,9,16,18,32,35H,5-8,10-11,29H2,(H,30,33)(H,31,36)/t16-,18?/m0/s1. The highest BCUT2D eigenvalue weighted by Gasteiger charge is 2.35. The Labute approximate surface area is 215 Å². The molecule has 1 aliphatic rings. The lowest BCUT2D eigenvalue weighted by molar-refractivity contribution is -0.141. The first-order chi connectivity index (χ1) is 17.1. The van der Waals surface area contributed by atoms with Gasteiger partial charge in [-0.1, -0.05) is 23.2 Å². The van der Waals surface area contributed by atoms with Crippen molar-refractivity contribution in [1.29, 1.82) is 0 Å². The zero-order valence-corrected chi connectivity index (χ0v) is 20.5. The molecule has 1 aromatic carbocycles. The van der Waals surface area contributed by atoms with Crippen molar-refractivity contribution in [3.63, 3.8) is 0 Å².